The number of rotatable bonds is 5. The van der Waals surface area contributed by atoms with Gasteiger partial charge in [-0.15, -0.1) is 5.10 Å². The molecule has 0 radical (unpaired) electrons. The van der Waals surface area contributed by atoms with Gasteiger partial charge in [0.25, 0.3) is 0 Å². The number of hydrogen-bond acceptors (Lipinski definition) is 4. The lowest BCUT2D eigenvalue weighted by Crippen LogP contribution is -2.10. The van der Waals surface area contributed by atoms with E-state index in [0.717, 1.165) is 34.1 Å². The SMILES string of the molecule is CCc1nnc(Oc2ccc(Cl)cc2Br)c(CN)c1CC. The molecule has 0 atom stereocenters. The lowest BCUT2D eigenvalue weighted by molar-refractivity contribution is 0.443. The van der Waals surface area contributed by atoms with Crippen LogP contribution in [0, 0.1) is 0 Å². The van der Waals surface area contributed by atoms with Crippen LogP contribution in [0.3, 0.4) is 0 Å². The second-order valence-electron chi connectivity index (χ2n) is 4.50. The predicted molar refractivity (Wildman–Crippen MR) is 87.9 cm³/mol. The Labute approximate surface area is 137 Å². The molecule has 0 amide bonds. The first kappa shape index (κ1) is 16.2. The Morgan fingerprint density at radius 1 is 1.19 bits per heavy atom. The summed E-state index contributed by atoms with van der Waals surface area (Å²) >= 11 is 9.36. The summed E-state index contributed by atoms with van der Waals surface area (Å²) < 4.78 is 6.63. The lowest BCUT2D eigenvalue weighted by atomic mass is 10.0. The maximum absolute atomic E-state index is 5.93. The Balaban J connectivity index is 2.44. The zero-order chi connectivity index (χ0) is 15.4. The third-order valence-corrected chi connectivity index (χ3v) is 4.08. The molecule has 1 heterocycles. The van der Waals surface area contributed by atoms with E-state index in [2.05, 4.69) is 40.0 Å². The molecule has 112 valence electrons. The highest BCUT2D eigenvalue weighted by molar-refractivity contribution is 9.10. The maximum Gasteiger partial charge on any atom is 0.243 e. The molecule has 6 heteroatoms. The smallest absolute Gasteiger partial charge is 0.243 e. The fourth-order valence-electron chi connectivity index (χ4n) is 2.19. The molecule has 0 spiro atoms. The van der Waals surface area contributed by atoms with Crippen molar-refractivity contribution < 1.29 is 4.74 Å². The quantitative estimate of drug-likeness (QED) is 0.854. The van der Waals surface area contributed by atoms with Crippen molar-refractivity contribution in [2.45, 2.75) is 33.2 Å². The number of nitrogens with zero attached hydrogens (tertiary/aromatic N) is 2. The van der Waals surface area contributed by atoms with Gasteiger partial charge in [-0.1, -0.05) is 25.4 Å². The first-order valence-electron chi connectivity index (χ1n) is 6.80. The third-order valence-electron chi connectivity index (χ3n) is 3.23. The van der Waals surface area contributed by atoms with Crippen LogP contribution in [0.15, 0.2) is 22.7 Å². The van der Waals surface area contributed by atoms with E-state index in [1.807, 2.05) is 0 Å². The van der Waals surface area contributed by atoms with Crippen LogP contribution in [-0.4, -0.2) is 10.2 Å². The van der Waals surface area contributed by atoms with Crippen molar-refractivity contribution in [3.05, 3.63) is 44.5 Å². The number of hydrogen-bond donors (Lipinski definition) is 1. The van der Waals surface area contributed by atoms with Gasteiger partial charge >= 0.3 is 0 Å². The fraction of sp³-hybridized carbons (Fsp3) is 0.333. The molecule has 0 bridgehead atoms. The van der Waals surface area contributed by atoms with Crippen molar-refractivity contribution in [3.8, 4) is 11.6 Å². The molecule has 2 rings (SSSR count). The number of aromatic nitrogens is 2. The lowest BCUT2D eigenvalue weighted by Gasteiger charge is -2.15. The van der Waals surface area contributed by atoms with Crippen molar-refractivity contribution in [2.24, 2.45) is 5.73 Å². The molecule has 0 fully saturated rings. The Kier molecular flexibility index (Phi) is 5.56. The normalized spacial score (nSPS) is 10.7. The first-order valence-corrected chi connectivity index (χ1v) is 7.98. The van der Waals surface area contributed by atoms with Crippen molar-refractivity contribution in [1.29, 1.82) is 0 Å². The van der Waals surface area contributed by atoms with Gasteiger partial charge in [0.1, 0.15) is 5.75 Å². The van der Waals surface area contributed by atoms with E-state index in [-0.39, 0.29) is 0 Å². The van der Waals surface area contributed by atoms with Gasteiger partial charge in [-0.3, -0.25) is 0 Å². The maximum atomic E-state index is 5.93. The van der Waals surface area contributed by atoms with Gasteiger partial charge in [0.2, 0.25) is 5.88 Å². The van der Waals surface area contributed by atoms with E-state index < -0.39 is 0 Å². The average molecular weight is 371 g/mol. The molecule has 0 aliphatic rings. The van der Waals surface area contributed by atoms with Crippen LogP contribution in [-0.2, 0) is 19.4 Å². The van der Waals surface area contributed by atoms with Crippen LogP contribution in [0.4, 0.5) is 0 Å². The van der Waals surface area contributed by atoms with Crippen molar-refractivity contribution in [3.63, 3.8) is 0 Å². The molecule has 21 heavy (non-hydrogen) atoms. The third kappa shape index (κ3) is 3.54. The molecular weight excluding hydrogens is 354 g/mol. The van der Waals surface area contributed by atoms with Gasteiger partial charge in [0.05, 0.1) is 10.2 Å². The van der Waals surface area contributed by atoms with Crippen molar-refractivity contribution in [2.75, 3.05) is 0 Å². The summed E-state index contributed by atoms with van der Waals surface area (Å²) in [4.78, 5) is 0. The second-order valence-corrected chi connectivity index (χ2v) is 5.79. The summed E-state index contributed by atoms with van der Waals surface area (Å²) in [6, 6.07) is 5.32. The molecule has 2 N–H and O–H groups in total. The molecule has 0 unspecified atom stereocenters. The molecule has 2 aromatic rings. The summed E-state index contributed by atoms with van der Waals surface area (Å²) in [6.07, 6.45) is 1.68. The van der Waals surface area contributed by atoms with Gasteiger partial charge in [-0.2, -0.15) is 5.10 Å². The average Bonchev–Trinajstić information content (AvgIpc) is 2.49. The summed E-state index contributed by atoms with van der Waals surface area (Å²) in [7, 11) is 0. The monoisotopic (exact) mass is 369 g/mol. The number of aryl methyl sites for hydroxylation is 1. The molecule has 0 saturated heterocycles. The largest absolute Gasteiger partial charge is 0.436 e. The minimum Gasteiger partial charge on any atom is -0.436 e. The van der Waals surface area contributed by atoms with Crippen molar-refractivity contribution >= 4 is 27.5 Å². The Bertz CT molecular complexity index is 649. The predicted octanol–water partition coefficient (Wildman–Crippen LogP) is 4.27. The Morgan fingerprint density at radius 3 is 2.52 bits per heavy atom. The number of nitrogens with two attached hydrogens (primary N) is 1. The topological polar surface area (TPSA) is 61.0 Å². The van der Waals surface area contributed by atoms with Gasteiger partial charge in [0.15, 0.2) is 0 Å². The summed E-state index contributed by atoms with van der Waals surface area (Å²) in [5.74, 6) is 1.09. The van der Waals surface area contributed by atoms with Gasteiger partial charge in [0, 0.05) is 17.1 Å². The van der Waals surface area contributed by atoms with E-state index >= 15 is 0 Å². The Hall–Kier alpha value is -1.17. The van der Waals surface area contributed by atoms with Gasteiger partial charge in [-0.05, 0) is 52.5 Å². The van der Waals surface area contributed by atoms with Gasteiger partial charge < -0.3 is 10.5 Å². The number of benzene rings is 1. The molecule has 0 aliphatic carbocycles. The van der Waals surface area contributed by atoms with E-state index in [1.54, 1.807) is 18.2 Å². The fourth-order valence-corrected chi connectivity index (χ4v) is 2.95. The van der Waals surface area contributed by atoms with E-state index in [1.165, 1.54) is 0 Å². The van der Waals surface area contributed by atoms with Crippen LogP contribution in [0.2, 0.25) is 5.02 Å². The molecule has 0 aliphatic heterocycles. The van der Waals surface area contributed by atoms with Crippen LogP contribution in [0.5, 0.6) is 11.6 Å². The molecule has 1 aromatic carbocycles. The second kappa shape index (κ2) is 7.20. The highest BCUT2D eigenvalue weighted by Gasteiger charge is 2.16. The van der Waals surface area contributed by atoms with E-state index in [9.17, 15) is 0 Å². The zero-order valence-electron chi connectivity index (χ0n) is 12.0. The molecular formula is C15H17BrClN3O. The minimum absolute atomic E-state index is 0.367. The number of halogens is 2. The number of ether oxygens (including phenoxy) is 1. The summed E-state index contributed by atoms with van der Waals surface area (Å²) in [6.45, 7) is 4.50. The van der Waals surface area contributed by atoms with Crippen LogP contribution in [0.1, 0.15) is 30.7 Å². The van der Waals surface area contributed by atoms with Crippen LogP contribution < -0.4 is 10.5 Å². The van der Waals surface area contributed by atoms with Crippen molar-refractivity contribution in [1.82, 2.24) is 10.2 Å². The molecule has 1 aromatic heterocycles. The highest BCUT2D eigenvalue weighted by atomic mass is 79.9. The Morgan fingerprint density at radius 2 is 1.95 bits per heavy atom. The summed E-state index contributed by atoms with van der Waals surface area (Å²) in [5, 5.41) is 9.06. The van der Waals surface area contributed by atoms with Gasteiger partial charge in [-0.25, -0.2) is 0 Å². The highest BCUT2D eigenvalue weighted by Crippen LogP contribution is 2.33. The van der Waals surface area contributed by atoms with Crippen LogP contribution >= 0.6 is 27.5 Å². The standard InChI is InChI=1S/C15H17BrClN3O/c1-3-10-11(8-18)15(20-19-13(10)4-2)21-14-6-5-9(17)7-12(14)16/h5-7H,3-4,8,18H2,1-2H3. The zero-order valence-corrected chi connectivity index (χ0v) is 14.3. The molecule has 4 nitrogen and oxygen atoms in total. The summed E-state index contributed by atoms with van der Waals surface area (Å²) in [5.41, 5.74) is 8.89. The first-order chi connectivity index (χ1) is 10.1. The molecule has 0 saturated carbocycles. The van der Waals surface area contributed by atoms with E-state index in [4.69, 9.17) is 22.1 Å². The minimum atomic E-state index is 0.367. The van der Waals surface area contributed by atoms with Crippen LogP contribution in [0.25, 0.3) is 0 Å². The van der Waals surface area contributed by atoms with E-state index in [0.29, 0.717) is 23.2 Å².